The summed E-state index contributed by atoms with van der Waals surface area (Å²) in [6.45, 7) is 6.73. The van der Waals surface area contributed by atoms with Crippen molar-refractivity contribution in [1.29, 1.82) is 0 Å². The average molecular weight is 300 g/mol. The number of nitrogens with zero attached hydrogens (tertiary/aromatic N) is 1. The molecular formula is C18H24N2S. The van der Waals surface area contributed by atoms with E-state index in [1.165, 1.54) is 29.0 Å². The zero-order chi connectivity index (χ0) is 14.7. The first-order chi connectivity index (χ1) is 10.2. The number of rotatable bonds is 4. The molecule has 2 aromatic rings. The first kappa shape index (κ1) is 14.6. The van der Waals surface area contributed by atoms with Crippen molar-refractivity contribution in [3.05, 3.63) is 52.2 Å². The van der Waals surface area contributed by atoms with E-state index in [1.54, 1.807) is 0 Å². The van der Waals surface area contributed by atoms with E-state index in [0.717, 1.165) is 13.1 Å². The van der Waals surface area contributed by atoms with Crippen LogP contribution < -0.4 is 5.32 Å². The number of benzene rings is 1. The van der Waals surface area contributed by atoms with Crippen molar-refractivity contribution in [2.24, 2.45) is 0 Å². The summed E-state index contributed by atoms with van der Waals surface area (Å²) in [4.78, 5) is 4.11. The molecule has 1 atom stereocenters. The Kier molecular flexibility index (Phi) is 4.61. The van der Waals surface area contributed by atoms with Gasteiger partial charge in [0.2, 0.25) is 0 Å². The number of nitrogens with one attached hydrogen (secondary N) is 1. The van der Waals surface area contributed by atoms with Crippen LogP contribution in [0.15, 0.2) is 41.8 Å². The minimum atomic E-state index is 0.570. The standard InChI is InChI=1S/C18H24N2S/c1-14(2)20(13-17-7-5-11-21-17)16-10-9-15-6-3-4-8-18(15)19-12-16/h3-8,11,14,16,19H,9-10,12-13H2,1-2H3. The third kappa shape index (κ3) is 3.47. The molecule has 0 amide bonds. The number of aryl methyl sites for hydroxylation is 1. The molecule has 1 aromatic carbocycles. The van der Waals surface area contributed by atoms with Crippen LogP contribution in [0.4, 0.5) is 5.69 Å². The highest BCUT2D eigenvalue weighted by Crippen LogP contribution is 2.25. The molecule has 0 aliphatic carbocycles. The Morgan fingerprint density at radius 2 is 2.10 bits per heavy atom. The molecule has 0 radical (unpaired) electrons. The second kappa shape index (κ2) is 6.63. The largest absolute Gasteiger partial charge is 0.383 e. The van der Waals surface area contributed by atoms with Crippen LogP contribution in [0.2, 0.25) is 0 Å². The fourth-order valence-electron chi connectivity index (χ4n) is 3.16. The van der Waals surface area contributed by atoms with Crippen LogP contribution in [0, 0.1) is 0 Å². The highest BCUT2D eigenvalue weighted by Gasteiger charge is 2.24. The lowest BCUT2D eigenvalue weighted by molar-refractivity contribution is 0.146. The molecule has 1 unspecified atom stereocenters. The molecule has 3 heteroatoms. The molecule has 0 saturated heterocycles. The molecule has 0 spiro atoms. The van der Waals surface area contributed by atoms with Crippen LogP contribution >= 0.6 is 11.3 Å². The zero-order valence-corrected chi connectivity index (χ0v) is 13.7. The lowest BCUT2D eigenvalue weighted by Gasteiger charge is -2.34. The molecule has 1 aliphatic heterocycles. The molecule has 0 fully saturated rings. The van der Waals surface area contributed by atoms with Crippen LogP contribution in [0.5, 0.6) is 0 Å². The van der Waals surface area contributed by atoms with Crippen LogP contribution in [-0.2, 0) is 13.0 Å². The van der Waals surface area contributed by atoms with Crippen molar-refractivity contribution in [3.8, 4) is 0 Å². The second-order valence-corrected chi connectivity index (χ2v) is 7.11. The normalized spacial score (nSPS) is 18.4. The quantitative estimate of drug-likeness (QED) is 0.901. The van der Waals surface area contributed by atoms with Gasteiger partial charge >= 0.3 is 0 Å². The van der Waals surface area contributed by atoms with Gasteiger partial charge in [-0.15, -0.1) is 11.3 Å². The predicted octanol–water partition coefficient (Wildman–Crippen LogP) is 4.39. The van der Waals surface area contributed by atoms with Gasteiger partial charge in [-0.25, -0.2) is 0 Å². The maximum atomic E-state index is 3.65. The number of fused-ring (bicyclic) bond motifs is 1. The monoisotopic (exact) mass is 300 g/mol. The number of thiophene rings is 1. The van der Waals surface area contributed by atoms with E-state index >= 15 is 0 Å². The number of hydrogen-bond acceptors (Lipinski definition) is 3. The van der Waals surface area contributed by atoms with Crippen molar-refractivity contribution in [3.63, 3.8) is 0 Å². The summed E-state index contributed by atoms with van der Waals surface area (Å²) in [7, 11) is 0. The van der Waals surface area contributed by atoms with Crippen LogP contribution in [-0.4, -0.2) is 23.5 Å². The van der Waals surface area contributed by atoms with Crippen molar-refractivity contribution in [1.82, 2.24) is 4.90 Å². The van der Waals surface area contributed by atoms with E-state index in [9.17, 15) is 0 Å². The Balaban J connectivity index is 1.72. The van der Waals surface area contributed by atoms with Gasteiger partial charge in [0.05, 0.1) is 0 Å². The lowest BCUT2D eigenvalue weighted by atomic mass is 10.0. The first-order valence-corrected chi connectivity index (χ1v) is 8.72. The molecule has 0 bridgehead atoms. The Morgan fingerprint density at radius 3 is 2.86 bits per heavy atom. The van der Waals surface area contributed by atoms with Crippen LogP contribution in [0.25, 0.3) is 0 Å². The van der Waals surface area contributed by atoms with E-state index in [0.29, 0.717) is 12.1 Å². The minimum Gasteiger partial charge on any atom is -0.383 e. The van der Waals surface area contributed by atoms with Gasteiger partial charge in [0.1, 0.15) is 0 Å². The van der Waals surface area contributed by atoms with Gasteiger partial charge in [0.25, 0.3) is 0 Å². The average Bonchev–Trinajstić information content (AvgIpc) is 2.90. The molecule has 112 valence electrons. The molecule has 3 rings (SSSR count). The Morgan fingerprint density at radius 1 is 1.24 bits per heavy atom. The van der Waals surface area contributed by atoms with Gasteiger partial charge in [0.15, 0.2) is 0 Å². The van der Waals surface area contributed by atoms with E-state index in [2.05, 4.69) is 65.8 Å². The van der Waals surface area contributed by atoms with Crippen molar-refractivity contribution < 1.29 is 0 Å². The van der Waals surface area contributed by atoms with Gasteiger partial charge in [-0.3, -0.25) is 4.90 Å². The summed E-state index contributed by atoms with van der Waals surface area (Å²) >= 11 is 1.86. The van der Waals surface area contributed by atoms with Crippen molar-refractivity contribution >= 4 is 17.0 Å². The molecule has 1 N–H and O–H groups in total. The van der Waals surface area contributed by atoms with Gasteiger partial charge in [-0.05, 0) is 49.8 Å². The maximum Gasteiger partial charge on any atom is 0.0373 e. The van der Waals surface area contributed by atoms with E-state index in [4.69, 9.17) is 0 Å². The van der Waals surface area contributed by atoms with E-state index in [1.807, 2.05) is 11.3 Å². The highest BCUT2D eigenvalue weighted by molar-refractivity contribution is 7.09. The topological polar surface area (TPSA) is 15.3 Å². The molecule has 2 nitrogen and oxygen atoms in total. The molecule has 21 heavy (non-hydrogen) atoms. The highest BCUT2D eigenvalue weighted by atomic mass is 32.1. The van der Waals surface area contributed by atoms with Crippen molar-refractivity contribution in [2.75, 3.05) is 11.9 Å². The summed E-state index contributed by atoms with van der Waals surface area (Å²) < 4.78 is 0. The summed E-state index contributed by atoms with van der Waals surface area (Å²) in [5.41, 5.74) is 2.78. The Labute approximate surface area is 131 Å². The molecule has 0 saturated carbocycles. The summed E-state index contributed by atoms with van der Waals surface area (Å²) in [5.74, 6) is 0. The van der Waals surface area contributed by atoms with E-state index < -0.39 is 0 Å². The third-order valence-electron chi connectivity index (χ3n) is 4.34. The van der Waals surface area contributed by atoms with Gasteiger partial charge < -0.3 is 5.32 Å². The number of para-hydroxylation sites is 1. The maximum absolute atomic E-state index is 3.65. The minimum absolute atomic E-state index is 0.570. The fourth-order valence-corrected chi connectivity index (χ4v) is 3.87. The van der Waals surface area contributed by atoms with Gasteiger partial charge in [-0.1, -0.05) is 24.3 Å². The smallest absolute Gasteiger partial charge is 0.0373 e. The van der Waals surface area contributed by atoms with Crippen molar-refractivity contribution in [2.45, 2.75) is 45.3 Å². The fraction of sp³-hybridized carbons (Fsp3) is 0.444. The summed E-state index contributed by atoms with van der Waals surface area (Å²) in [6.07, 6.45) is 2.40. The van der Waals surface area contributed by atoms with Crippen LogP contribution in [0.1, 0.15) is 30.7 Å². The second-order valence-electron chi connectivity index (χ2n) is 6.08. The molecule has 2 heterocycles. The molecule has 1 aromatic heterocycles. The number of anilines is 1. The number of hydrogen-bond donors (Lipinski definition) is 1. The van der Waals surface area contributed by atoms with E-state index in [-0.39, 0.29) is 0 Å². The third-order valence-corrected chi connectivity index (χ3v) is 5.20. The summed E-state index contributed by atoms with van der Waals surface area (Å²) in [5, 5.41) is 5.83. The van der Waals surface area contributed by atoms with Crippen LogP contribution in [0.3, 0.4) is 0 Å². The molecular weight excluding hydrogens is 276 g/mol. The Bertz CT molecular complexity index is 535. The Hall–Kier alpha value is -1.32. The van der Waals surface area contributed by atoms with Gasteiger partial charge in [0, 0.05) is 35.7 Å². The predicted molar refractivity (Wildman–Crippen MR) is 92.0 cm³/mol. The molecule has 1 aliphatic rings. The van der Waals surface area contributed by atoms with Gasteiger partial charge in [-0.2, -0.15) is 0 Å². The first-order valence-electron chi connectivity index (χ1n) is 7.84. The zero-order valence-electron chi connectivity index (χ0n) is 12.9. The lowest BCUT2D eigenvalue weighted by Crippen LogP contribution is -2.43. The summed E-state index contributed by atoms with van der Waals surface area (Å²) in [6, 6.07) is 14.3. The SMILES string of the molecule is CC(C)N(Cc1cccs1)C1CCc2ccccc2NC1.